The van der Waals surface area contributed by atoms with Crippen LogP contribution in [0.4, 0.5) is 0 Å². The van der Waals surface area contributed by atoms with Gasteiger partial charge in [0.2, 0.25) is 0 Å². The highest BCUT2D eigenvalue weighted by atomic mass is 79.9. The van der Waals surface area contributed by atoms with Crippen LogP contribution in [0.25, 0.3) is 10.1 Å². The summed E-state index contributed by atoms with van der Waals surface area (Å²) in [6.45, 7) is 0. The first-order valence-corrected chi connectivity index (χ1v) is 10.1. The SMILES string of the molecule is CS(=O)(=O)c1cccc(C(Br)c2csc3ccccc23)c1. The zero-order valence-corrected chi connectivity index (χ0v) is 14.5. The second-order valence-corrected chi connectivity index (χ2v) is 8.74. The van der Waals surface area contributed by atoms with Gasteiger partial charge in [-0.25, -0.2) is 8.42 Å². The van der Waals surface area contributed by atoms with Crippen molar-refractivity contribution in [2.24, 2.45) is 0 Å². The number of hydrogen-bond acceptors (Lipinski definition) is 3. The summed E-state index contributed by atoms with van der Waals surface area (Å²) in [5.41, 5.74) is 2.11. The lowest BCUT2D eigenvalue weighted by Gasteiger charge is -2.11. The van der Waals surface area contributed by atoms with E-state index in [-0.39, 0.29) is 4.83 Å². The van der Waals surface area contributed by atoms with E-state index in [1.165, 1.54) is 21.9 Å². The number of sulfone groups is 1. The topological polar surface area (TPSA) is 34.1 Å². The Morgan fingerprint density at radius 3 is 2.62 bits per heavy atom. The third-order valence-corrected chi connectivity index (χ3v) is 6.48. The molecule has 0 spiro atoms. The number of halogens is 1. The molecule has 0 aliphatic heterocycles. The average molecular weight is 381 g/mol. The summed E-state index contributed by atoms with van der Waals surface area (Å²) in [4.78, 5) is 0.333. The van der Waals surface area contributed by atoms with E-state index in [0.717, 1.165) is 5.56 Å². The molecule has 1 unspecified atom stereocenters. The van der Waals surface area contributed by atoms with Crippen molar-refractivity contribution in [2.45, 2.75) is 9.72 Å². The minimum Gasteiger partial charge on any atom is -0.224 e. The average Bonchev–Trinajstić information content (AvgIpc) is 2.90. The van der Waals surface area contributed by atoms with Crippen LogP contribution in [0.3, 0.4) is 0 Å². The predicted octanol–water partition coefficient (Wildman–Crippen LogP) is 4.79. The summed E-state index contributed by atoms with van der Waals surface area (Å²) in [6, 6.07) is 15.3. The Bertz CT molecular complexity index is 897. The van der Waals surface area contributed by atoms with E-state index in [4.69, 9.17) is 0 Å². The first-order valence-electron chi connectivity index (χ1n) is 6.37. The summed E-state index contributed by atoms with van der Waals surface area (Å²) in [6.07, 6.45) is 1.23. The van der Waals surface area contributed by atoms with Gasteiger partial charge in [-0.15, -0.1) is 11.3 Å². The van der Waals surface area contributed by atoms with Gasteiger partial charge in [0.25, 0.3) is 0 Å². The molecule has 3 rings (SSSR count). The fourth-order valence-electron chi connectivity index (χ4n) is 2.28. The minimum atomic E-state index is -3.19. The van der Waals surface area contributed by atoms with Gasteiger partial charge < -0.3 is 0 Å². The van der Waals surface area contributed by atoms with Crippen LogP contribution in [0.2, 0.25) is 0 Å². The van der Waals surface area contributed by atoms with Crippen molar-refractivity contribution in [3.63, 3.8) is 0 Å². The molecule has 0 radical (unpaired) electrons. The molecule has 1 heterocycles. The zero-order chi connectivity index (χ0) is 15.0. The number of benzene rings is 2. The first kappa shape index (κ1) is 14.8. The van der Waals surface area contributed by atoms with E-state index >= 15 is 0 Å². The molecule has 2 aromatic carbocycles. The van der Waals surface area contributed by atoms with E-state index in [2.05, 4.69) is 33.4 Å². The fraction of sp³-hybridized carbons (Fsp3) is 0.125. The third-order valence-electron chi connectivity index (χ3n) is 3.36. The van der Waals surface area contributed by atoms with Crippen molar-refractivity contribution < 1.29 is 8.42 Å². The summed E-state index contributed by atoms with van der Waals surface area (Å²) < 4.78 is 24.6. The molecule has 2 nitrogen and oxygen atoms in total. The smallest absolute Gasteiger partial charge is 0.175 e. The highest BCUT2D eigenvalue weighted by Crippen LogP contribution is 2.38. The maximum atomic E-state index is 11.7. The van der Waals surface area contributed by atoms with E-state index in [1.807, 2.05) is 18.2 Å². The Balaban J connectivity index is 2.08. The van der Waals surface area contributed by atoms with Gasteiger partial charge in [0.1, 0.15) is 0 Å². The van der Waals surface area contributed by atoms with Gasteiger partial charge in [-0.2, -0.15) is 0 Å². The summed E-state index contributed by atoms with van der Waals surface area (Å²) >= 11 is 5.41. The Kier molecular flexibility index (Phi) is 3.90. The van der Waals surface area contributed by atoms with Crippen molar-refractivity contribution in [1.29, 1.82) is 0 Å². The normalized spacial score (nSPS) is 13.4. The van der Waals surface area contributed by atoms with Gasteiger partial charge in [0, 0.05) is 11.0 Å². The molecule has 21 heavy (non-hydrogen) atoms. The molecule has 0 saturated carbocycles. The fourth-order valence-corrected chi connectivity index (χ4v) is 4.78. The lowest BCUT2D eigenvalue weighted by atomic mass is 10.0. The van der Waals surface area contributed by atoms with Gasteiger partial charge in [-0.1, -0.05) is 46.3 Å². The van der Waals surface area contributed by atoms with Gasteiger partial charge in [0.15, 0.2) is 9.84 Å². The molecule has 0 aliphatic rings. The van der Waals surface area contributed by atoms with Crippen molar-refractivity contribution in [1.82, 2.24) is 0 Å². The van der Waals surface area contributed by atoms with E-state index in [0.29, 0.717) is 4.90 Å². The van der Waals surface area contributed by atoms with Gasteiger partial charge in [0.05, 0.1) is 9.72 Å². The second-order valence-electron chi connectivity index (χ2n) is 4.89. The summed E-state index contributed by atoms with van der Waals surface area (Å²) in [5.74, 6) is 0. The molecule has 0 amide bonds. The first-order chi connectivity index (χ1) is 9.97. The van der Waals surface area contributed by atoms with Crippen LogP contribution in [0.5, 0.6) is 0 Å². The standard InChI is InChI=1S/C16H13BrO2S2/c1-21(18,19)12-6-4-5-11(9-12)16(17)14-10-20-15-8-3-2-7-13(14)15/h2-10,16H,1H3. The third kappa shape index (κ3) is 2.91. The Morgan fingerprint density at radius 1 is 1.10 bits per heavy atom. The van der Waals surface area contributed by atoms with Crippen molar-refractivity contribution in [2.75, 3.05) is 6.26 Å². The largest absolute Gasteiger partial charge is 0.224 e. The number of thiophene rings is 1. The maximum absolute atomic E-state index is 11.7. The van der Waals surface area contributed by atoms with Crippen LogP contribution in [0, 0.1) is 0 Å². The quantitative estimate of drug-likeness (QED) is 0.612. The molecule has 3 aromatic rings. The lowest BCUT2D eigenvalue weighted by Crippen LogP contribution is -1.99. The molecule has 1 atom stereocenters. The van der Waals surface area contributed by atoms with Crippen molar-refractivity contribution in [3.8, 4) is 0 Å². The number of fused-ring (bicyclic) bond motifs is 1. The molecule has 0 bridgehead atoms. The van der Waals surface area contributed by atoms with Crippen LogP contribution in [-0.2, 0) is 9.84 Å². The lowest BCUT2D eigenvalue weighted by molar-refractivity contribution is 0.602. The van der Waals surface area contributed by atoms with Gasteiger partial charge in [-0.05, 0) is 40.1 Å². The number of rotatable bonds is 3. The zero-order valence-electron chi connectivity index (χ0n) is 11.3. The van der Waals surface area contributed by atoms with E-state index in [9.17, 15) is 8.42 Å². The summed E-state index contributed by atoms with van der Waals surface area (Å²) in [7, 11) is -3.19. The molecule has 0 saturated heterocycles. The van der Waals surface area contributed by atoms with Crippen molar-refractivity contribution >= 4 is 47.2 Å². The molecule has 0 fully saturated rings. The molecule has 0 aliphatic carbocycles. The van der Waals surface area contributed by atoms with Crippen LogP contribution < -0.4 is 0 Å². The molecular formula is C16H13BrO2S2. The van der Waals surface area contributed by atoms with Crippen LogP contribution in [-0.4, -0.2) is 14.7 Å². The van der Waals surface area contributed by atoms with Gasteiger partial charge in [-0.3, -0.25) is 0 Å². The Morgan fingerprint density at radius 2 is 1.86 bits per heavy atom. The van der Waals surface area contributed by atoms with E-state index in [1.54, 1.807) is 29.5 Å². The van der Waals surface area contributed by atoms with Crippen LogP contribution in [0.15, 0.2) is 58.8 Å². The monoisotopic (exact) mass is 380 g/mol. The molecule has 0 N–H and O–H groups in total. The maximum Gasteiger partial charge on any atom is 0.175 e. The second kappa shape index (κ2) is 5.55. The van der Waals surface area contributed by atoms with Crippen molar-refractivity contribution in [3.05, 3.63) is 65.0 Å². The number of hydrogen-bond donors (Lipinski definition) is 0. The molecule has 1 aromatic heterocycles. The molecule has 108 valence electrons. The Hall–Kier alpha value is -1.17. The van der Waals surface area contributed by atoms with E-state index < -0.39 is 9.84 Å². The van der Waals surface area contributed by atoms with Crippen LogP contribution >= 0.6 is 27.3 Å². The van der Waals surface area contributed by atoms with Crippen LogP contribution in [0.1, 0.15) is 16.0 Å². The molecule has 5 heteroatoms. The highest BCUT2D eigenvalue weighted by molar-refractivity contribution is 9.09. The predicted molar refractivity (Wildman–Crippen MR) is 92.1 cm³/mol. The highest BCUT2D eigenvalue weighted by Gasteiger charge is 2.17. The molecular weight excluding hydrogens is 368 g/mol. The minimum absolute atomic E-state index is 0.0182. The summed E-state index contributed by atoms with van der Waals surface area (Å²) in [5, 5.41) is 3.33. The number of alkyl halides is 1. The van der Waals surface area contributed by atoms with Gasteiger partial charge >= 0.3 is 0 Å². The Labute approximate surface area is 136 Å².